The number of rotatable bonds is 7. The summed E-state index contributed by atoms with van der Waals surface area (Å²) in [6.07, 6.45) is 1.04. The highest BCUT2D eigenvalue weighted by Crippen LogP contribution is 2.17. The lowest BCUT2D eigenvalue weighted by molar-refractivity contribution is -0.136. The molecule has 1 rings (SSSR count). The number of carbonyl (C=O) groups excluding carboxylic acids is 1. The maximum Gasteiger partial charge on any atom is 0.229 e. The van der Waals surface area contributed by atoms with Crippen molar-refractivity contribution in [2.24, 2.45) is 11.8 Å². The summed E-state index contributed by atoms with van der Waals surface area (Å²) in [5.41, 5.74) is 0. The highest BCUT2D eigenvalue weighted by Gasteiger charge is 2.36. The number of hydrogen-bond acceptors (Lipinski definition) is 4. The molecule has 3 unspecified atom stereocenters. The van der Waals surface area contributed by atoms with Crippen molar-refractivity contribution in [1.29, 1.82) is 5.26 Å². The minimum absolute atomic E-state index is 0.107. The number of amides is 1. The molecule has 1 saturated heterocycles. The molecule has 1 heterocycles. The van der Waals surface area contributed by atoms with Crippen LogP contribution in [0.5, 0.6) is 0 Å². The second-order valence-electron chi connectivity index (χ2n) is 5.11. The second-order valence-corrected chi connectivity index (χ2v) is 5.11. The Morgan fingerprint density at radius 3 is 2.84 bits per heavy atom. The average Bonchev–Trinajstić information content (AvgIpc) is 2.89. The molecule has 1 N–H and O–H groups in total. The van der Waals surface area contributed by atoms with Crippen LogP contribution in [0.15, 0.2) is 0 Å². The molecule has 0 saturated carbocycles. The number of carbonyl (C=O) groups is 1. The Kier molecular flexibility index (Phi) is 6.82. The molecule has 108 valence electrons. The normalized spacial score (nSPS) is 23.9. The van der Waals surface area contributed by atoms with Gasteiger partial charge in [-0.3, -0.25) is 4.79 Å². The minimum atomic E-state index is -0.131. The first-order chi connectivity index (χ1) is 9.13. The molecule has 0 aliphatic carbocycles. The molecule has 0 spiro atoms. The maximum absolute atomic E-state index is 12.5. The monoisotopic (exact) mass is 267 g/mol. The van der Waals surface area contributed by atoms with Gasteiger partial charge in [-0.25, -0.2) is 0 Å². The van der Waals surface area contributed by atoms with Crippen LogP contribution in [0.3, 0.4) is 0 Å². The van der Waals surface area contributed by atoms with Crippen molar-refractivity contribution in [3.05, 3.63) is 0 Å². The van der Waals surface area contributed by atoms with Crippen molar-refractivity contribution in [1.82, 2.24) is 10.2 Å². The number of ether oxygens (including phenoxy) is 1. The van der Waals surface area contributed by atoms with E-state index in [-0.39, 0.29) is 23.8 Å². The Labute approximate surface area is 115 Å². The highest BCUT2D eigenvalue weighted by molar-refractivity contribution is 5.80. The Morgan fingerprint density at radius 1 is 1.53 bits per heavy atom. The van der Waals surface area contributed by atoms with Gasteiger partial charge in [0.2, 0.25) is 5.91 Å². The van der Waals surface area contributed by atoms with E-state index < -0.39 is 0 Å². The van der Waals surface area contributed by atoms with Crippen LogP contribution in [0.1, 0.15) is 27.2 Å². The molecule has 1 aliphatic rings. The zero-order valence-corrected chi connectivity index (χ0v) is 12.2. The lowest BCUT2D eigenvalue weighted by Crippen LogP contribution is -2.47. The fourth-order valence-electron chi connectivity index (χ4n) is 2.31. The van der Waals surface area contributed by atoms with E-state index in [0.717, 1.165) is 13.0 Å². The van der Waals surface area contributed by atoms with Gasteiger partial charge in [0, 0.05) is 19.1 Å². The van der Waals surface area contributed by atoms with Crippen LogP contribution in [-0.4, -0.2) is 49.7 Å². The average molecular weight is 267 g/mol. The molecule has 1 aliphatic heterocycles. The number of nitrogens with one attached hydrogen (secondary N) is 1. The lowest BCUT2D eigenvalue weighted by Gasteiger charge is -2.27. The molecular formula is C14H25N3O2. The molecule has 0 aromatic heterocycles. The number of nitrogens with zero attached hydrogens (tertiary/aromatic N) is 2. The molecule has 3 atom stereocenters. The van der Waals surface area contributed by atoms with E-state index in [9.17, 15) is 4.79 Å². The van der Waals surface area contributed by atoms with E-state index in [2.05, 4.69) is 18.3 Å². The summed E-state index contributed by atoms with van der Waals surface area (Å²) >= 11 is 0. The third-order valence-corrected chi connectivity index (χ3v) is 3.46. The van der Waals surface area contributed by atoms with Crippen LogP contribution in [0.25, 0.3) is 0 Å². The summed E-state index contributed by atoms with van der Waals surface area (Å²) in [4.78, 5) is 14.3. The van der Waals surface area contributed by atoms with Gasteiger partial charge in [-0.2, -0.15) is 5.26 Å². The van der Waals surface area contributed by atoms with E-state index in [4.69, 9.17) is 10.00 Å². The van der Waals surface area contributed by atoms with Crippen molar-refractivity contribution in [3.8, 4) is 6.07 Å². The zero-order valence-electron chi connectivity index (χ0n) is 12.2. The SMILES string of the molecule is CCCNC1COCC1C(=O)N(CC)CC(C)C#N. The van der Waals surface area contributed by atoms with Gasteiger partial charge in [0.15, 0.2) is 0 Å². The summed E-state index contributed by atoms with van der Waals surface area (Å²) in [5.74, 6) is -0.138. The van der Waals surface area contributed by atoms with Crippen LogP contribution >= 0.6 is 0 Å². The predicted molar refractivity (Wildman–Crippen MR) is 73.4 cm³/mol. The molecule has 5 nitrogen and oxygen atoms in total. The van der Waals surface area contributed by atoms with Crippen LogP contribution in [0, 0.1) is 23.2 Å². The van der Waals surface area contributed by atoms with Gasteiger partial charge < -0.3 is 15.0 Å². The minimum Gasteiger partial charge on any atom is -0.379 e. The van der Waals surface area contributed by atoms with E-state index in [1.54, 1.807) is 4.90 Å². The van der Waals surface area contributed by atoms with Gasteiger partial charge in [-0.1, -0.05) is 6.92 Å². The molecule has 1 amide bonds. The smallest absolute Gasteiger partial charge is 0.229 e. The zero-order chi connectivity index (χ0) is 14.3. The fourth-order valence-corrected chi connectivity index (χ4v) is 2.31. The van der Waals surface area contributed by atoms with Gasteiger partial charge >= 0.3 is 0 Å². The van der Waals surface area contributed by atoms with E-state index in [1.165, 1.54) is 0 Å². The van der Waals surface area contributed by atoms with Gasteiger partial charge in [-0.15, -0.1) is 0 Å². The third-order valence-electron chi connectivity index (χ3n) is 3.46. The second kappa shape index (κ2) is 8.13. The van der Waals surface area contributed by atoms with E-state index in [0.29, 0.717) is 26.3 Å². The van der Waals surface area contributed by atoms with Gasteiger partial charge in [0.25, 0.3) is 0 Å². The number of nitriles is 1. The van der Waals surface area contributed by atoms with Crippen LogP contribution < -0.4 is 5.32 Å². The molecule has 5 heteroatoms. The van der Waals surface area contributed by atoms with Crippen molar-refractivity contribution in [2.45, 2.75) is 33.2 Å². The first kappa shape index (κ1) is 15.9. The summed E-state index contributed by atoms with van der Waals surface area (Å²) < 4.78 is 5.44. The van der Waals surface area contributed by atoms with Crippen LogP contribution in [0.4, 0.5) is 0 Å². The van der Waals surface area contributed by atoms with Gasteiger partial charge in [0.1, 0.15) is 0 Å². The topological polar surface area (TPSA) is 65.4 Å². The van der Waals surface area contributed by atoms with E-state index in [1.807, 2.05) is 13.8 Å². The summed E-state index contributed by atoms with van der Waals surface area (Å²) in [5, 5.41) is 12.2. The molecule has 0 aromatic rings. The summed E-state index contributed by atoms with van der Waals surface area (Å²) in [6.45, 7) is 9.02. The molecule has 0 bridgehead atoms. The summed E-state index contributed by atoms with van der Waals surface area (Å²) in [6, 6.07) is 2.29. The fraction of sp³-hybridized carbons (Fsp3) is 0.857. The molecule has 0 radical (unpaired) electrons. The van der Waals surface area contributed by atoms with Gasteiger partial charge in [0.05, 0.1) is 31.1 Å². The van der Waals surface area contributed by atoms with Crippen LogP contribution in [0.2, 0.25) is 0 Å². The molecule has 1 fully saturated rings. The van der Waals surface area contributed by atoms with Crippen molar-refractivity contribution in [2.75, 3.05) is 32.8 Å². The van der Waals surface area contributed by atoms with E-state index >= 15 is 0 Å². The van der Waals surface area contributed by atoms with Crippen molar-refractivity contribution < 1.29 is 9.53 Å². The van der Waals surface area contributed by atoms with Crippen molar-refractivity contribution in [3.63, 3.8) is 0 Å². The lowest BCUT2D eigenvalue weighted by atomic mass is 10.0. The Bertz CT molecular complexity index is 327. The third kappa shape index (κ3) is 4.48. The van der Waals surface area contributed by atoms with Gasteiger partial charge in [-0.05, 0) is 26.8 Å². The maximum atomic E-state index is 12.5. The first-order valence-electron chi connectivity index (χ1n) is 7.13. The highest BCUT2D eigenvalue weighted by atomic mass is 16.5. The Morgan fingerprint density at radius 2 is 2.26 bits per heavy atom. The predicted octanol–water partition coefficient (Wildman–Crippen LogP) is 1.01. The first-order valence-corrected chi connectivity index (χ1v) is 7.13. The molecule has 0 aromatic carbocycles. The largest absolute Gasteiger partial charge is 0.379 e. The Hall–Kier alpha value is -1.12. The Balaban J connectivity index is 2.60. The molecular weight excluding hydrogens is 242 g/mol. The quantitative estimate of drug-likeness (QED) is 0.747. The molecule has 19 heavy (non-hydrogen) atoms. The number of hydrogen-bond donors (Lipinski definition) is 1. The summed E-state index contributed by atoms with van der Waals surface area (Å²) in [7, 11) is 0. The van der Waals surface area contributed by atoms with Crippen LogP contribution in [-0.2, 0) is 9.53 Å². The standard InChI is InChI=1S/C14H25N3O2/c1-4-6-16-13-10-19-9-12(13)14(18)17(5-2)8-11(3)7-15/h11-13,16H,4-6,8-10H2,1-3H3. The van der Waals surface area contributed by atoms with Crippen molar-refractivity contribution >= 4 is 5.91 Å².